The number of rotatable bonds is 4. The van der Waals surface area contributed by atoms with Gasteiger partial charge in [-0.3, -0.25) is 0 Å². The van der Waals surface area contributed by atoms with Crippen molar-refractivity contribution in [3.63, 3.8) is 0 Å². The summed E-state index contributed by atoms with van der Waals surface area (Å²) in [6, 6.07) is 0. The molecule has 0 radical (unpaired) electrons. The normalized spacial score (nSPS) is 20.0. The Kier molecular flexibility index (Phi) is 1.76. The Bertz CT molecular complexity index is 158. The largest absolute Gasteiger partial charge is 0.479 e. The molecular formula is C7H10O3. The number of aliphatic carboxylic acids is 1. The van der Waals surface area contributed by atoms with Gasteiger partial charge in [0.1, 0.15) is 0 Å². The smallest absolute Gasteiger partial charge is 0.335 e. The minimum atomic E-state index is -0.853. The van der Waals surface area contributed by atoms with Gasteiger partial charge in [-0.1, -0.05) is 6.08 Å². The summed E-state index contributed by atoms with van der Waals surface area (Å²) in [5.41, 5.74) is -0.853. The average Bonchev–Trinajstić information content (AvgIpc) is 2.64. The van der Waals surface area contributed by atoms with Gasteiger partial charge >= 0.3 is 5.97 Å². The molecule has 0 amide bonds. The Morgan fingerprint density at radius 2 is 2.40 bits per heavy atom. The van der Waals surface area contributed by atoms with Crippen LogP contribution in [0.4, 0.5) is 0 Å². The summed E-state index contributed by atoms with van der Waals surface area (Å²) < 4.78 is 5.03. The van der Waals surface area contributed by atoms with Crippen molar-refractivity contribution in [3.8, 4) is 0 Å². The van der Waals surface area contributed by atoms with Gasteiger partial charge in [0.25, 0.3) is 0 Å². The molecule has 1 rings (SSSR count). The zero-order chi connectivity index (χ0) is 7.61. The molecule has 0 heterocycles. The first-order valence-corrected chi connectivity index (χ1v) is 3.19. The first-order valence-electron chi connectivity index (χ1n) is 3.19. The van der Waals surface area contributed by atoms with Gasteiger partial charge in [0.2, 0.25) is 0 Å². The van der Waals surface area contributed by atoms with E-state index < -0.39 is 11.6 Å². The molecule has 0 aromatic carbocycles. The Morgan fingerprint density at radius 1 is 1.80 bits per heavy atom. The molecule has 0 unspecified atom stereocenters. The molecule has 1 saturated carbocycles. The molecule has 0 aromatic heterocycles. The van der Waals surface area contributed by atoms with Crippen LogP contribution in [0.3, 0.4) is 0 Å². The van der Waals surface area contributed by atoms with Crippen molar-refractivity contribution >= 4 is 5.97 Å². The standard InChI is InChI=1S/C7H10O3/c1-2-5-10-7(3-4-7)6(8)9/h2H,1,3-5H2,(H,8,9). The molecule has 0 atom stereocenters. The van der Waals surface area contributed by atoms with Crippen LogP contribution in [0.2, 0.25) is 0 Å². The Labute approximate surface area is 59.3 Å². The van der Waals surface area contributed by atoms with Crippen molar-refractivity contribution in [2.24, 2.45) is 0 Å². The molecule has 1 aliphatic rings. The monoisotopic (exact) mass is 142 g/mol. The molecule has 0 spiro atoms. The summed E-state index contributed by atoms with van der Waals surface area (Å²) >= 11 is 0. The van der Waals surface area contributed by atoms with Crippen molar-refractivity contribution < 1.29 is 14.6 Å². The van der Waals surface area contributed by atoms with Crippen molar-refractivity contribution in [3.05, 3.63) is 12.7 Å². The molecule has 0 saturated heterocycles. The van der Waals surface area contributed by atoms with E-state index in [1.54, 1.807) is 6.08 Å². The second kappa shape index (κ2) is 2.42. The number of ether oxygens (including phenoxy) is 1. The van der Waals surface area contributed by atoms with E-state index in [9.17, 15) is 4.79 Å². The summed E-state index contributed by atoms with van der Waals surface area (Å²) in [4.78, 5) is 10.4. The van der Waals surface area contributed by atoms with Gasteiger partial charge in [-0.05, 0) is 12.8 Å². The summed E-state index contributed by atoms with van der Waals surface area (Å²) in [5, 5.41) is 8.57. The van der Waals surface area contributed by atoms with E-state index in [1.807, 2.05) is 0 Å². The number of carboxylic acid groups (broad SMARTS) is 1. The van der Waals surface area contributed by atoms with Gasteiger partial charge in [0.15, 0.2) is 5.60 Å². The predicted octanol–water partition coefficient (Wildman–Crippen LogP) is 0.806. The van der Waals surface area contributed by atoms with Gasteiger partial charge in [-0.15, -0.1) is 6.58 Å². The molecule has 56 valence electrons. The van der Waals surface area contributed by atoms with Crippen LogP contribution in [0, 0.1) is 0 Å². The molecule has 1 aliphatic carbocycles. The number of hydrogen-bond donors (Lipinski definition) is 1. The highest BCUT2D eigenvalue weighted by Gasteiger charge is 2.51. The van der Waals surface area contributed by atoms with Crippen LogP contribution < -0.4 is 0 Å². The summed E-state index contributed by atoms with van der Waals surface area (Å²) in [7, 11) is 0. The average molecular weight is 142 g/mol. The summed E-state index contributed by atoms with van der Waals surface area (Å²) in [6.07, 6.45) is 2.83. The lowest BCUT2D eigenvalue weighted by Crippen LogP contribution is -2.25. The lowest BCUT2D eigenvalue weighted by atomic mass is 10.3. The fourth-order valence-corrected chi connectivity index (χ4v) is 0.752. The Morgan fingerprint density at radius 3 is 2.70 bits per heavy atom. The zero-order valence-corrected chi connectivity index (χ0v) is 5.67. The Balaban J connectivity index is 2.37. The van der Waals surface area contributed by atoms with Gasteiger partial charge in [-0.25, -0.2) is 4.79 Å². The minimum absolute atomic E-state index is 0.326. The first-order chi connectivity index (χ1) is 4.71. The molecule has 10 heavy (non-hydrogen) atoms. The maximum atomic E-state index is 10.4. The highest BCUT2D eigenvalue weighted by atomic mass is 16.5. The van der Waals surface area contributed by atoms with Crippen LogP contribution >= 0.6 is 0 Å². The molecule has 0 aromatic rings. The molecule has 3 heteroatoms. The van der Waals surface area contributed by atoms with E-state index in [1.165, 1.54) is 0 Å². The van der Waals surface area contributed by atoms with Crippen LogP contribution in [0.15, 0.2) is 12.7 Å². The highest BCUT2D eigenvalue weighted by molar-refractivity contribution is 5.80. The molecular weight excluding hydrogens is 132 g/mol. The fraction of sp³-hybridized carbons (Fsp3) is 0.571. The second-order valence-corrected chi connectivity index (χ2v) is 2.40. The number of carbonyl (C=O) groups is 1. The van der Waals surface area contributed by atoms with Crippen LogP contribution in [-0.4, -0.2) is 23.3 Å². The fourth-order valence-electron chi connectivity index (χ4n) is 0.752. The van der Waals surface area contributed by atoms with E-state index in [-0.39, 0.29) is 0 Å². The molecule has 1 fully saturated rings. The number of hydrogen-bond acceptors (Lipinski definition) is 2. The third-order valence-corrected chi connectivity index (χ3v) is 1.57. The predicted molar refractivity (Wildman–Crippen MR) is 35.7 cm³/mol. The summed E-state index contributed by atoms with van der Waals surface area (Å²) in [6.45, 7) is 3.76. The van der Waals surface area contributed by atoms with Crippen molar-refractivity contribution in [2.45, 2.75) is 18.4 Å². The first kappa shape index (κ1) is 7.28. The second-order valence-electron chi connectivity index (χ2n) is 2.40. The Hall–Kier alpha value is -0.830. The van der Waals surface area contributed by atoms with Gasteiger partial charge in [0, 0.05) is 0 Å². The van der Waals surface area contributed by atoms with Crippen molar-refractivity contribution in [2.75, 3.05) is 6.61 Å². The van der Waals surface area contributed by atoms with E-state index in [4.69, 9.17) is 9.84 Å². The third kappa shape index (κ3) is 1.19. The van der Waals surface area contributed by atoms with Crippen molar-refractivity contribution in [1.29, 1.82) is 0 Å². The quantitative estimate of drug-likeness (QED) is 0.591. The number of carboxylic acids is 1. The van der Waals surface area contributed by atoms with Crippen LogP contribution in [0.1, 0.15) is 12.8 Å². The van der Waals surface area contributed by atoms with E-state index >= 15 is 0 Å². The maximum Gasteiger partial charge on any atom is 0.335 e. The molecule has 0 bridgehead atoms. The van der Waals surface area contributed by atoms with E-state index in [2.05, 4.69) is 6.58 Å². The van der Waals surface area contributed by atoms with Gasteiger partial charge < -0.3 is 9.84 Å². The van der Waals surface area contributed by atoms with Crippen molar-refractivity contribution in [1.82, 2.24) is 0 Å². The molecule has 1 N–H and O–H groups in total. The summed E-state index contributed by atoms with van der Waals surface area (Å²) in [5.74, 6) is -0.852. The highest BCUT2D eigenvalue weighted by Crippen LogP contribution is 2.39. The lowest BCUT2D eigenvalue weighted by Gasteiger charge is -2.07. The van der Waals surface area contributed by atoms with Gasteiger partial charge in [0.05, 0.1) is 6.61 Å². The SMILES string of the molecule is C=CCOC1(C(=O)O)CC1. The minimum Gasteiger partial charge on any atom is -0.479 e. The van der Waals surface area contributed by atoms with Crippen LogP contribution in [-0.2, 0) is 9.53 Å². The van der Waals surface area contributed by atoms with E-state index in [0.29, 0.717) is 19.4 Å². The van der Waals surface area contributed by atoms with E-state index in [0.717, 1.165) is 0 Å². The topological polar surface area (TPSA) is 46.5 Å². The van der Waals surface area contributed by atoms with Crippen LogP contribution in [0.25, 0.3) is 0 Å². The van der Waals surface area contributed by atoms with Gasteiger partial charge in [-0.2, -0.15) is 0 Å². The van der Waals surface area contributed by atoms with Crippen LogP contribution in [0.5, 0.6) is 0 Å². The lowest BCUT2D eigenvalue weighted by molar-refractivity contribution is -0.152. The maximum absolute atomic E-state index is 10.4. The third-order valence-electron chi connectivity index (χ3n) is 1.57. The molecule has 0 aliphatic heterocycles. The zero-order valence-electron chi connectivity index (χ0n) is 5.67. The molecule has 3 nitrogen and oxygen atoms in total.